The maximum absolute atomic E-state index is 12.6. The van der Waals surface area contributed by atoms with Gasteiger partial charge in [-0.3, -0.25) is 4.39 Å². The Morgan fingerprint density at radius 1 is 1.40 bits per heavy atom. The molecule has 2 aliphatic rings. The van der Waals surface area contributed by atoms with E-state index in [0.717, 1.165) is 19.5 Å². The predicted octanol–water partition coefficient (Wildman–Crippen LogP) is 1.35. The molecule has 0 amide bonds. The van der Waals surface area contributed by atoms with Crippen molar-refractivity contribution in [2.45, 2.75) is 19.8 Å². The maximum Gasteiger partial charge on any atom is 0.0968 e. The van der Waals surface area contributed by atoms with Gasteiger partial charge < -0.3 is 5.32 Å². The standard InChI is InChI=1S/C8H14FN/c1-7-2-3-8(7,4-9)6-10-5-7/h10H,2-6H2,1H3/t7-,8-/m0/s1. The van der Waals surface area contributed by atoms with E-state index < -0.39 is 0 Å². The first-order valence-electron chi connectivity index (χ1n) is 3.99. The lowest BCUT2D eigenvalue weighted by Gasteiger charge is -2.51. The van der Waals surface area contributed by atoms with Crippen LogP contribution in [0.1, 0.15) is 19.8 Å². The van der Waals surface area contributed by atoms with Crippen molar-refractivity contribution in [3.8, 4) is 0 Å². The minimum absolute atomic E-state index is 0.0347. The van der Waals surface area contributed by atoms with E-state index >= 15 is 0 Å². The van der Waals surface area contributed by atoms with Crippen molar-refractivity contribution in [3.63, 3.8) is 0 Å². The van der Waals surface area contributed by atoms with Crippen molar-refractivity contribution in [3.05, 3.63) is 0 Å². The molecule has 1 nitrogen and oxygen atoms in total. The number of fused-ring (bicyclic) bond motifs is 1. The van der Waals surface area contributed by atoms with E-state index in [4.69, 9.17) is 0 Å². The second-order valence-electron chi connectivity index (χ2n) is 4.08. The minimum atomic E-state index is -0.128. The van der Waals surface area contributed by atoms with Crippen molar-refractivity contribution >= 4 is 0 Å². The van der Waals surface area contributed by atoms with Gasteiger partial charge in [0.1, 0.15) is 0 Å². The molecule has 1 heterocycles. The van der Waals surface area contributed by atoms with Crippen molar-refractivity contribution in [1.82, 2.24) is 5.32 Å². The Balaban J connectivity index is 2.22. The lowest BCUT2D eigenvalue weighted by atomic mass is 9.53. The molecule has 0 bridgehead atoms. The quantitative estimate of drug-likeness (QED) is 0.584. The highest BCUT2D eigenvalue weighted by Gasteiger charge is 2.58. The third-order valence-electron chi connectivity index (χ3n) is 3.67. The predicted molar refractivity (Wildman–Crippen MR) is 38.6 cm³/mol. The van der Waals surface area contributed by atoms with Crippen LogP contribution in [0.4, 0.5) is 4.39 Å². The average molecular weight is 143 g/mol. The summed E-state index contributed by atoms with van der Waals surface area (Å²) >= 11 is 0. The molecular formula is C8H14FN. The van der Waals surface area contributed by atoms with Crippen LogP contribution in [0.25, 0.3) is 0 Å². The van der Waals surface area contributed by atoms with Gasteiger partial charge in [0.2, 0.25) is 0 Å². The molecule has 0 aromatic rings. The zero-order chi connectivity index (χ0) is 7.24. The molecule has 0 aromatic carbocycles. The lowest BCUT2D eigenvalue weighted by Crippen LogP contribution is -2.49. The molecule has 1 aliphatic carbocycles. The first kappa shape index (κ1) is 6.59. The largest absolute Gasteiger partial charge is 0.315 e. The van der Waals surface area contributed by atoms with Gasteiger partial charge in [0.15, 0.2) is 0 Å². The van der Waals surface area contributed by atoms with E-state index in [1.165, 1.54) is 6.42 Å². The van der Waals surface area contributed by atoms with Crippen LogP contribution < -0.4 is 5.32 Å². The summed E-state index contributed by atoms with van der Waals surface area (Å²) < 4.78 is 12.6. The molecule has 1 saturated carbocycles. The molecule has 2 heteroatoms. The molecule has 10 heavy (non-hydrogen) atoms. The van der Waals surface area contributed by atoms with Crippen molar-refractivity contribution < 1.29 is 4.39 Å². The molecular weight excluding hydrogens is 129 g/mol. The van der Waals surface area contributed by atoms with Gasteiger partial charge in [-0.1, -0.05) is 6.92 Å². The zero-order valence-corrected chi connectivity index (χ0v) is 6.41. The SMILES string of the molecule is C[C@@]12CC[C@]1(CF)CNC2. The Morgan fingerprint density at radius 3 is 2.50 bits per heavy atom. The van der Waals surface area contributed by atoms with Gasteiger partial charge in [0.25, 0.3) is 0 Å². The third kappa shape index (κ3) is 0.518. The van der Waals surface area contributed by atoms with E-state index in [-0.39, 0.29) is 12.1 Å². The van der Waals surface area contributed by atoms with Gasteiger partial charge >= 0.3 is 0 Å². The lowest BCUT2D eigenvalue weighted by molar-refractivity contribution is -0.0341. The summed E-state index contributed by atoms with van der Waals surface area (Å²) in [6.45, 7) is 4.00. The fourth-order valence-corrected chi connectivity index (χ4v) is 2.34. The summed E-state index contributed by atoms with van der Waals surface area (Å²) in [5.41, 5.74) is 0.328. The molecule has 2 fully saturated rings. The summed E-state index contributed by atoms with van der Waals surface area (Å²) in [6.07, 6.45) is 2.30. The normalized spacial score (nSPS) is 52.2. The summed E-state index contributed by atoms with van der Waals surface area (Å²) in [7, 11) is 0. The smallest absolute Gasteiger partial charge is 0.0968 e. The van der Waals surface area contributed by atoms with Gasteiger partial charge in [-0.25, -0.2) is 0 Å². The Labute approximate surface area is 61.0 Å². The first-order chi connectivity index (χ1) is 4.72. The fourth-order valence-electron chi connectivity index (χ4n) is 2.34. The van der Waals surface area contributed by atoms with E-state index in [1.807, 2.05) is 0 Å². The summed E-state index contributed by atoms with van der Waals surface area (Å²) in [6, 6.07) is 0. The van der Waals surface area contributed by atoms with E-state index in [1.54, 1.807) is 0 Å². The first-order valence-corrected chi connectivity index (χ1v) is 3.99. The molecule has 0 aromatic heterocycles. The second kappa shape index (κ2) is 1.73. The van der Waals surface area contributed by atoms with Crippen molar-refractivity contribution in [2.75, 3.05) is 19.8 Å². The van der Waals surface area contributed by atoms with Crippen LogP contribution in [0, 0.1) is 10.8 Å². The van der Waals surface area contributed by atoms with E-state index in [9.17, 15) is 4.39 Å². The van der Waals surface area contributed by atoms with Crippen molar-refractivity contribution in [1.29, 1.82) is 0 Å². The summed E-state index contributed by atoms with van der Waals surface area (Å²) in [5.74, 6) is 0. The summed E-state index contributed by atoms with van der Waals surface area (Å²) in [4.78, 5) is 0. The monoisotopic (exact) mass is 143 g/mol. The number of halogens is 1. The number of hydrogen-bond acceptors (Lipinski definition) is 1. The topological polar surface area (TPSA) is 12.0 Å². The van der Waals surface area contributed by atoms with Crippen LogP contribution in [0.2, 0.25) is 0 Å². The van der Waals surface area contributed by atoms with Gasteiger partial charge in [0.05, 0.1) is 6.67 Å². The number of alkyl halides is 1. The second-order valence-corrected chi connectivity index (χ2v) is 4.08. The zero-order valence-electron chi connectivity index (χ0n) is 6.41. The Hall–Kier alpha value is -0.110. The van der Waals surface area contributed by atoms with Crippen molar-refractivity contribution in [2.24, 2.45) is 10.8 Å². The van der Waals surface area contributed by atoms with Gasteiger partial charge in [-0.05, 0) is 18.3 Å². The van der Waals surface area contributed by atoms with Crippen LogP contribution in [0.5, 0.6) is 0 Å². The highest BCUT2D eigenvalue weighted by Crippen LogP contribution is 2.58. The van der Waals surface area contributed by atoms with Crippen LogP contribution >= 0.6 is 0 Å². The Bertz CT molecular complexity index is 155. The minimum Gasteiger partial charge on any atom is -0.315 e. The van der Waals surface area contributed by atoms with Gasteiger partial charge in [0, 0.05) is 18.5 Å². The van der Waals surface area contributed by atoms with Crippen LogP contribution in [0.3, 0.4) is 0 Å². The Kier molecular flexibility index (Phi) is 1.14. The fraction of sp³-hybridized carbons (Fsp3) is 1.00. The molecule has 1 aliphatic heterocycles. The highest BCUT2D eigenvalue weighted by atomic mass is 19.1. The maximum atomic E-state index is 12.6. The Morgan fingerprint density at radius 2 is 2.20 bits per heavy atom. The molecule has 2 rings (SSSR count). The highest BCUT2D eigenvalue weighted by molar-refractivity contribution is 5.10. The molecule has 0 unspecified atom stereocenters. The molecule has 0 radical (unpaired) electrons. The van der Waals surface area contributed by atoms with E-state index in [0.29, 0.717) is 5.41 Å². The van der Waals surface area contributed by atoms with Crippen LogP contribution in [-0.4, -0.2) is 19.8 Å². The van der Waals surface area contributed by atoms with Crippen LogP contribution in [0.15, 0.2) is 0 Å². The number of hydrogen-bond donors (Lipinski definition) is 1. The van der Waals surface area contributed by atoms with Gasteiger partial charge in [-0.15, -0.1) is 0 Å². The molecule has 58 valence electrons. The van der Waals surface area contributed by atoms with E-state index in [2.05, 4.69) is 12.2 Å². The number of rotatable bonds is 1. The number of nitrogens with one attached hydrogen (secondary N) is 1. The molecule has 2 atom stereocenters. The average Bonchev–Trinajstić information content (AvgIpc) is 2.13. The third-order valence-corrected chi connectivity index (χ3v) is 3.67. The molecule has 1 N–H and O–H groups in total. The molecule has 0 spiro atoms. The summed E-state index contributed by atoms with van der Waals surface area (Å²) in [5, 5.41) is 3.28. The van der Waals surface area contributed by atoms with Crippen LogP contribution in [-0.2, 0) is 0 Å². The van der Waals surface area contributed by atoms with Gasteiger partial charge in [-0.2, -0.15) is 0 Å². The molecule has 1 saturated heterocycles.